The molecule has 146 valence electrons. The standard InChI is InChI=1S/C21H21N7O/c1-27-18(15-17(26-27)16-7-3-2-4-8-16)21(29)23-12-11-22-19-9-10-20(25-24-19)28-13-5-6-14-28/h2-10,13-15H,11-12H2,1H3,(H,22,24)(H,23,29). The van der Waals surface area contributed by atoms with Gasteiger partial charge >= 0.3 is 0 Å². The zero-order chi connectivity index (χ0) is 20.1. The zero-order valence-electron chi connectivity index (χ0n) is 16.0. The number of anilines is 1. The third-order valence-electron chi connectivity index (χ3n) is 4.42. The number of carbonyl (C=O) groups excluding carboxylic acids is 1. The predicted molar refractivity (Wildman–Crippen MR) is 111 cm³/mol. The molecule has 1 amide bonds. The minimum absolute atomic E-state index is 0.168. The van der Waals surface area contributed by atoms with E-state index in [9.17, 15) is 4.79 Å². The van der Waals surface area contributed by atoms with E-state index in [2.05, 4.69) is 25.9 Å². The van der Waals surface area contributed by atoms with E-state index in [1.807, 2.05) is 71.6 Å². The van der Waals surface area contributed by atoms with Crippen LogP contribution in [0.1, 0.15) is 10.5 Å². The molecular weight excluding hydrogens is 366 g/mol. The van der Waals surface area contributed by atoms with Crippen LogP contribution in [0, 0.1) is 0 Å². The van der Waals surface area contributed by atoms with Gasteiger partial charge in [-0.1, -0.05) is 30.3 Å². The summed E-state index contributed by atoms with van der Waals surface area (Å²) in [5, 5.41) is 18.8. The number of rotatable bonds is 7. The van der Waals surface area contributed by atoms with Crippen molar-refractivity contribution >= 4 is 11.7 Å². The molecular formula is C21H21N7O. The van der Waals surface area contributed by atoms with Crippen LogP contribution in [0.5, 0.6) is 0 Å². The molecule has 4 aromatic rings. The Labute approximate surface area is 168 Å². The van der Waals surface area contributed by atoms with Gasteiger partial charge in [0.15, 0.2) is 5.82 Å². The summed E-state index contributed by atoms with van der Waals surface area (Å²) >= 11 is 0. The van der Waals surface area contributed by atoms with Gasteiger partial charge in [-0.3, -0.25) is 9.48 Å². The van der Waals surface area contributed by atoms with Crippen molar-refractivity contribution in [2.45, 2.75) is 0 Å². The van der Waals surface area contributed by atoms with Gasteiger partial charge in [-0.2, -0.15) is 5.10 Å². The molecule has 0 spiro atoms. The number of hydrogen-bond acceptors (Lipinski definition) is 5. The minimum atomic E-state index is -0.168. The van der Waals surface area contributed by atoms with Crippen molar-refractivity contribution in [1.29, 1.82) is 0 Å². The van der Waals surface area contributed by atoms with E-state index in [1.54, 1.807) is 17.8 Å². The van der Waals surface area contributed by atoms with E-state index in [0.717, 1.165) is 17.1 Å². The molecule has 0 saturated heterocycles. The molecule has 0 aliphatic heterocycles. The average Bonchev–Trinajstić information content (AvgIpc) is 3.42. The molecule has 0 aliphatic rings. The summed E-state index contributed by atoms with van der Waals surface area (Å²) < 4.78 is 3.48. The summed E-state index contributed by atoms with van der Waals surface area (Å²) in [5.41, 5.74) is 2.26. The number of nitrogens with one attached hydrogen (secondary N) is 2. The molecule has 8 heteroatoms. The van der Waals surface area contributed by atoms with Gasteiger partial charge in [0, 0.05) is 38.1 Å². The second-order valence-corrected chi connectivity index (χ2v) is 6.45. The molecule has 0 unspecified atom stereocenters. The summed E-state index contributed by atoms with van der Waals surface area (Å²) in [6, 6.07) is 19.2. The molecule has 0 bridgehead atoms. The Hall–Kier alpha value is -3.94. The Balaban J connectivity index is 1.29. The molecule has 3 heterocycles. The number of aryl methyl sites for hydroxylation is 1. The quantitative estimate of drug-likeness (QED) is 0.476. The molecule has 0 fully saturated rings. The van der Waals surface area contributed by atoms with Crippen molar-refractivity contribution in [1.82, 2.24) is 29.9 Å². The number of hydrogen-bond donors (Lipinski definition) is 2. The molecule has 0 aliphatic carbocycles. The van der Waals surface area contributed by atoms with Gasteiger partial charge in [0.25, 0.3) is 5.91 Å². The van der Waals surface area contributed by atoms with E-state index in [4.69, 9.17) is 0 Å². The number of aromatic nitrogens is 5. The highest BCUT2D eigenvalue weighted by atomic mass is 16.2. The first-order valence-corrected chi connectivity index (χ1v) is 9.29. The third-order valence-corrected chi connectivity index (χ3v) is 4.42. The summed E-state index contributed by atoms with van der Waals surface area (Å²) in [6.45, 7) is 0.985. The van der Waals surface area contributed by atoms with E-state index in [0.29, 0.717) is 24.6 Å². The Bertz CT molecular complexity index is 1070. The van der Waals surface area contributed by atoms with Gasteiger partial charge in [0.1, 0.15) is 11.5 Å². The van der Waals surface area contributed by atoms with Crippen LogP contribution in [-0.4, -0.2) is 43.5 Å². The number of benzene rings is 1. The van der Waals surface area contributed by atoms with Crippen molar-refractivity contribution in [3.63, 3.8) is 0 Å². The molecule has 0 saturated carbocycles. The average molecular weight is 387 g/mol. The van der Waals surface area contributed by atoms with Crippen LogP contribution >= 0.6 is 0 Å². The topological polar surface area (TPSA) is 89.7 Å². The highest BCUT2D eigenvalue weighted by Gasteiger charge is 2.13. The number of amides is 1. The molecule has 3 aromatic heterocycles. The lowest BCUT2D eigenvalue weighted by molar-refractivity contribution is 0.0946. The number of nitrogens with zero attached hydrogens (tertiary/aromatic N) is 5. The fourth-order valence-corrected chi connectivity index (χ4v) is 2.93. The maximum absolute atomic E-state index is 12.5. The van der Waals surface area contributed by atoms with Crippen LogP contribution in [0.3, 0.4) is 0 Å². The highest BCUT2D eigenvalue weighted by molar-refractivity contribution is 5.93. The van der Waals surface area contributed by atoms with Gasteiger partial charge in [0.05, 0.1) is 5.69 Å². The van der Waals surface area contributed by atoms with E-state index >= 15 is 0 Å². The Morgan fingerprint density at radius 1 is 0.966 bits per heavy atom. The highest BCUT2D eigenvalue weighted by Crippen LogP contribution is 2.18. The monoisotopic (exact) mass is 387 g/mol. The van der Waals surface area contributed by atoms with Crippen molar-refractivity contribution in [3.05, 3.63) is 78.8 Å². The van der Waals surface area contributed by atoms with Crippen LogP contribution in [-0.2, 0) is 7.05 Å². The summed E-state index contributed by atoms with van der Waals surface area (Å²) in [4.78, 5) is 12.5. The first-order chi connectivity index (χ1) is 14.2. The van der Waals surface area contributed by atoms with Gasteiger partial charge in [-0.25, -0.2) is 0 Å². The Morgan fingerprint density at radius 2 is 1.76 bits per heavy atom. The lowest BCUT2D eigenvalue weighted by atomic mass is 10.1. The fourth-order valence-electron chi connectivity index (χ4n) is 2.93. The van der Waals surface area contributed by atoms with Crippen LogP contribution in [0.2, 0.25) is 0 Å². The maximum Gasteiger partial charge on any atom is 0.269 e. The smallest absolute Gasteiger partial charge is 0.269 e. The fraction of sp³-hybridized carbons (Fsp3) is 0.143. The van der Waals surface area contributed by atoms with E-state index < -0.39 is 0 Å². The van der Waals surface area contributed by atoms with Crippen molar-refractivity contribution in [2.75, 3.05) is 18.4 Å². The Kier molecular flexibility index (Phi) is 5.33. The summed E-state index contributed by atoms with van der Waals surface area (Å²) in [7, 11) is 1.77. The van der Waals surface area contributed by atoms with Crippen molar-refractivity contribution in [3.8, 4) is 17.1 Å². The van der Waals surface area contributed by atoms with Crippen molar-refractivity contribution in [2.24, 2.45) is 7.05 Å². The van der Waals surface area contributed by atoms with Crippen LogP contribution in [0.25, 0.3) is 17.1 Å². The predicted octanol–water partition coefficient (Wildman–Crippen LogP) is 2.51. The van der Waals surface area contributed by atoms with Crippen LogP contribution < -0.4 is 10.6 Å². The normalized spacial score (nSPS) is 10.7. The Morgan fingerprint density at radius 3 is 2.48 bits per heavy atom. The van der Waals surface area contributed by atoms with Crippen LogP contribution in [0.4, 0.5) is 5.82 Å². The molecule has 0 atom stereocenters. The second-order valence-electron chi connectivity index (χ2n) is 6.45. The second kappa shape index (κ2) is 8.39. The summed E-state index contributed by atoms with van der Waals surface area (Å²) in [6.07, 6.45) is 3.82. The van der Waals surface area contributed by atoms with E-state index in [-0.39, 0.29) is 5.91 Å². The largest absolute Gasteiger partial charge is 0.367 e. The van der Waals surface area contributed by atoms with Gasteiger partial charge < -0.3 is 15.2 Å². The summed E-state index contributed by atoms with van der Waals surface area (Å²) in [5.74, 6) is 1.24. The molecule has 2 N–H and O–H groups in total. The lowest BCUT2D eigenvalue weighted by Crippen LogP contribution is -2.30. The number of carbonyl (C=O) groups is 1. The molecule has 0 radical (unpaired) electrons. The van der Waals surface area contributed by atoms with Gasteiger partial charge in [0.2, 0.25) is 0 Å². The first-order valence-electron chi connectivity index (χ1n) is 9.29. The minimum Gasteiger partial charge on any atom is -0.367 e. The first kappa shape index (κ1) is 18.4. The molecule has 29 heavy (non-hydrogen) atoms. The lowest BCUT2D eigenvalue weighted by Gasteiger charge is -2.08. The molecule has 8 nitrogen and oxygen atoms in total. The third kappa shape index (κ3) is 4.32. The van der Waals surface area contributed by atoms with Crippen molar-refractivity contribution < 1.29 is 4.79 Å². The van der Waals surface area contributed by atoms with Gasteiger partial charge in [-0.05, 0) is 30.3 Å². The van der Waals surface area contributed by atoms with Gasteiger partial charge in [-0.15, -0.1) is 10.2 Å². The SMILES string of the molecule is Cn1nc(-c2ccccc2)cc1C(=O)NCCNc1ccc(-n2cccc2)nn1. The maximum atomic E-state index is 12.5. The molecule has 4 rings (SSSR count). The molecule has 1 aromatic carbocycles. The van der Waals surface area contributed by atoms with Crippen LogP contribution in [0.15, 0.2) is 73.1 Å². The zero-order valence-corrected chi connectivity index (χ0v) is 16.0. The van der Waals surface area contributed by atoms with E-state index in [1.165, 1.54) is 0 Å².